The summed E-state index contributed by atoms with van der Waals surface area (Å²) in [5.41, 5.74) is 1.18. The molecule has 36 heavy (non-hydrogen) atoms. The van der Waals surface area contributed by atoms with Crippen LogP contribution in [0.5, 0.6) is 5.75 Å². The molecule has 1 aliphatic heterocycles. The summed E-state index contributed by atoms with van der Waals surface area (Å²) in [7, 11) is 1.69. The van der Waals surface area contributed by atoms with Crippen molar-refractivity contribution in [3.05, 3.63) is 65.2 Å². The SMILES string of the molecule is [2H]C([2H])(c1ccccc1OCCCCCC(=O)O)N(C(=O)c1ccc(C2(OC)CCOCC2)cc1)C(C)C. The van der Waals surface area contributed by atoms with Gasteiger partial charge in [0.05, 0.1) is 14.9 Å². The zero-order valence-electron chi connectivity index (χ0n) is 23.5. The number of nitrogens with zero attached hydrogens (tertiary/aromatic N) is 1. The highest BCUT2D eigenvalue weighted by molar-refractivity contribution is 5.94. The predicted octanol–water partition coefficient (Wildman–Crippen LogP) is 5.41. The highest BCUT2D eigenvalue weighted by atomic mass is 16.5. The Balaban J connectivity index is 1.79. The Morgan fingerprint density at radius 2 is 1.78 bits per heavy atom. The first-order valence-electron chi connectivity index (χ1n) is 13.6. The average molecular weight is 500 g/mol. The Labute approximate surface area is 217 Å². The molecule has 1 heterocycles. The van der Waals surface area contributed by atoms with Gasteiger partial charge in [-0.1, -0.05) is 30.3 Å². The molecule has 1 saturated heterocycles. The van der Waals surface area contributed by atoms with Crippen LogP contribution in [0.3, 0.4) is 0 Å². The van der Waals surface area contributed by atoms with Crippen molar-refractivity contribution in [2.75, 3.05) is 26.9 Å². The summed E-state index contributed by atoms with van der Waals surface area (Å²) < 4.78 is 35.3. The normalized spacial score (nSPS) is 16.2. The van der Waals surface area contributed by atoms with Crippen LogP contribution < -0.4 is 4.74 Å². The third kappa shape index (κ3) is 7.31. The van der Waals surface area contributed by atoms with E-state index in [1.165, 1.54) is 4.90 Å². The summed E-state index contributed by atoms with van der Waals surface area (Å²) in [6.45, 7) is 2.99. The number of carboxylic acid groups (broad SMARTS) is 1. The predicted molar refractivity (Wildman–Crippen MR) is 138 cm³/mol. The number of carboxylic acids is 1. The van der Waals surface area contributed by atoms with Crippen LogP contribution >= 0.6 is 0 Å². The van der Waals surface area contributed by atoms with Gasteiger partial charge in [-0.05, 0) is 56.9 Å². The maximum atomic E-state index is 13.7. The molecule has 7 heteroatoms. The van der Waals surface area contributed by atoms with Gasteiger partial charge in [0.15, 0.2) is 0 Å². The number of amides is 1. The molecule has 3 rings (SSSR count). The molecule has 0 radical (unpaired) electrons. The summed E-state index contributed by atoms with van der Waals surface area (Å²) in [4.78, 5) is 25.6. The fourth-order valence-electron chi connectivity index (χ4n) is 4.33. The lowest BCUT2D eigenvalue weighted by Crippen LogP contribution is -2.37. The van der Waals surface area contributed by atoms with E-state index in [0.717, 1.165) is 18.4 Å². The lowest BCUT2D eigenvalue weighted by atomic mass is 9.85. The van der Waals surface area contributed by atoms with Gasteiger partial charge in [-0.25, -0.2) is 0 Å². The van der Waals surface area contributed by atoms with Crippen LogP contribution in [-0.2, 0) is 26.4 Å². The Morgan fingerprint density at radius 3 is 2.42 bits per heavy atom. The van der Waals surface area contributed by atoms with Crippen LogP contribution in [0.25, 0.3) is 0 Å². The number of aliphatic carboxylic acids is 1. The summed E-state index contributed by atoms with van der Waals surface area (Å²) in [6, 6.07) is 13.6. The van der Waals surface area contributed by atoms with Crippen molar-refractivity contribution in [2.24, 2.45) is 0 Å². The molecule has 2 aromatic carbocycles. The lowest BCUT2D eigenvalue weighted by molar-refractivity contribution is -0.137. The lowest BCUT2D eigenvalue weighted by Gasteiger charge is -2.36. The van der Waals surface area contributed by atoms with Crippen LogP contribution in [0.15, 0.2) is 48.5 Å². The van der Waals surface area contributed by atoms with E-state index in [1.807, 2.05) is 12.1 Å². The number of benzene rings is 2. The van der Waals surface area contributed by atoms with Gasteiger partial charge in [0, 0.05) is 63.3 Å². The fourth-order valence-corrected chi connectivity index (χ4v) is 4.33. The molecule has 2 aromatic rings. The monoisotopic (exact) mass is 499 g/mol. The molecular formula is C29H39NO6. The third-order valence-corrected chi connectivity index (χ3v) is 6.50. The Bertz CT molecular complexity index is 1070. The van der Waals surface area contributed by atoms with Crippen LogP contribution in [0.4, 0.5) is 0 Å². The number of para-hydroxylation sites is 1. The summed E-state index contributed by atoms with van der Waals surface area (Å²) >= 11 is 0. The van der Waals surface area contributed by atoms with Gasteiger partial charge in [-0.2, -0.15) is 0 Å². The minimum Gasteiger partial charge on any atom is -0.493 e. The Morgan fingerprint density at radius 1 is 1.08 bits per heavy atom. The molecule has 1 aliphatic rings. The molecule has 0 unspecified atom stereocenters. The summed E-state index contributed by atoms with van der Waals surface area (Å²) in [5.74, 6) is -0.871. The van der Waals surface area contributed by atoms with E-state index in [4.69, 9.17) is 22.1 Å². The first-order chi connectivity index (χ1) is 18.1. The van der Waals surface area contributed by atoms with Crippen molar-refractivity contribution < 1.29 is 31.6 Å². The van der Waals surface area contributed by atoms with Gasteiger partial charge in [-0.15, -0.1) is 0 Å². The topological polar surface area (TPSA) is 85.3 Å². The molecule has 1 N–H and O–H groups in total. The minimum absolute atomic E-state index is 0.118. The second kappa shape index (κ2) is 13.4. The Hall–Kier alpha value is -2.90. The smallest absolute Gasteiger partial charge is 0.303 e. The number of rotatable bonds is 13. The molecular weight excluding hydrogens is 458 g/mol. The average Bonchev–Trinajstić information content (AvgIpc) is 2.90. The second-order valence-electron chi connectivity index (χ2n) is 9.32. The first kappa shape index (κ1) is 24.8. The number of ether oxygens (including phenoxy) is 3. The number of carbonyl (C=O) groups excluding carboxylic acids is 1. The molecule has 1 fully saturated rings. The molecule has 1 amide bonds. The van der Waals surface area contributed by atoms with E-state index in [-0.39, 0.29) is 12.0 Å². The maximum Gasteiger partial charge on any atom is 0.303 e. The molecule has 0 saturated carbocycles. The number of hydrogen-bond acceptors (Lipinski definition) is 5. The molecule has 0 spiro atoms. The number of carbonyl (C=O) groups is 2. The highest BCUT2D eigenvalue weighted by Crippen LogP contribution is 2.35. The zero-order valence-corrected chi connectivity index (χ0v) is 21.5. The van der Waals surface area contributed by atoms with Gasteiger partial charge >= 0.3 is 5.97 Å². The van der Waals surface area contributed by atoms with Crippen molar-refractivity contribution in [1.82, 2.24) is 4.90 Å². The molecule has 0 atom stereocenters. The van der Waals surface area contributed by atoms with E-state index in [1.54, 1.807) is 57.4 Å². The minimum atomic E-state index is -2.14. The van der Waals surface area contributed by atoms with Crippen LogP contribution in [0.1, 0.15) is 76.6 Å². The van der Waals surface area contributed by atoms with Gasteiger partial charge in [0.2, 0.25) is 0 Å². The molecule has 196 valence electrons. The second-order valence-corrected chi connectivity index (χ2v) is 9.32. The largest absolute Gasteiger partial charge is 0.493 e. The van der Waals surface area contributed by atoms with Crippen molar-refractivity contribution >= 4 is 11.9 Å². The van der Waals surface area contributed by atoms with E-state index < -0.39 is 30.0 Å². The van der Waals surface area contributed by atoms with Gasteiger partial charge < -0.3 is 24.2 Å². The van der Waals surface area contributed by atoms with E-state index in [9.17, 15) is 9.59 Å². The van der Waals surface area contributed by atoms with Crippen molar-refractivity contribution in [3.8, 4) is 5.75 Å². The van der Waals surface area contributed by atoms with Gasteiger partial charge in [0.1, 0.15) is 5.75 Å². The number of methoxy groups -OCH3 is 1. The number of unbranched alkanes of at least 4 members (excludes halogenated alkanes) is 2. The van der Waals surface area contributed by atoms with Gasteiger partial charge in [-0.3, -0.25) is 9.59 Å². The molecule has 0 aromatic heterocycles. The zero-order chi connectivity index (χ0) is 27.8. The Kier molecular flexibility index (Phi) is 9.24. The summed E-state index contributed by atoms with van der Waals surface area (Å²) in [6.07, 6.45) is 3.49. The molecule has 7 nitrogen and oxygen atoms in total. The van der Waals surface area contributed by atoms with E-state index in [0.29, 0.717) is 50.4 Å². The van der Waals surface area contributed by atoms with E-state index in [2.05, 4.69) is 0 Å². The highest BCUT2D eigenvalue weighted by Gasteiger charge is 2.34. The van der Waals surface area contributed by atoms with Crippen LogP contribution in [-0.4, -0.2) is 54.9 Å². The maximum absolute atomic E-state index is 13.7. The standard InChI is InChI=1S/C29H39NO6/c1-22(2)30(21-24-9-6-7-10-26(24)36-18-8-4-5-11-27(31)32)28(33)23-12-14-25(15-13-23)29(34-3)16-19-35-20-17-29/h6-7,9-10,12-15,22H,4-5,8,11,16-21H2,1-3H3,(H,31,32)/i21D2. The van der Waals surface area contributed by atoms with Crippen molar-refractivity contribution in [2.45, 2.75) is 70.5 Å². The van der Waals surface area contributed by atoms with Gasteiger partial charge in [0.25, 0.3) is 5.91 Å². The number of hydrogen-bond donors (Lipinski definition) is 1. The third-order valence-electron chi connectivity index (χ3n) is 6.50. The van der Waals surface area contributed by atoms with E-state index >= 15 is 0 Å². The summed E-state index contributed by atoms with van der Waals surface area (Å²) in [5, 5.41) is 8.78. The molecule has 0 aliphatic carbocycles. The van der Waals surface area contributed by atoms with Crippen molar-refractivity contribution in [3.63, 3.8) is 0 Å². The molecule has 0 bridgehead atoms. The van der Waals surface area contributed by atoms with Crippen LogP contribution in [0, 0.1) is 0 Å². The fraction of sp³-hybridized carbons (Fsp3) is 0.517. The first-order valence-corrected chi connectivity index (χ1v) is 12.6. The van der Waals surface area contributed by atoms with Crippen LogP contribution in [0.2, 0.25) is 0 Å². The quantitative estimate of drug-likeness (QED) is 0.371. The van der Waals surface area contributed by atoms with Crippen molar-refractivity contribution in [1.29, 1.82) is 0 Å².